The fraction of sp³-hybridized carbons (Fsp3) is 0.378. The summed E-state index contributed by atoms with van der Waals surface area (Å²) < 4.78 is 21.2. The SMILES string of the molecule is C.COC(=O)c1ccc(N)cc1.COC(=O)c1ccc(NC(=O)c2cc(Cl)c(C)c(OC3CCCCC3)c2)cc1.Cc1c(Cl)cc(C(=O)O)cc1OC1CCCCC1. The average molecular weight is 838 g/mol. The number of nitrogen functional groups attached to an aromatic ring is 1. The number of ether oxygens (including phenoxy) is 4. The van der Waals surface area contributed by atoms with E-state index in [0.717, 1.165) is 36.8 Å². The van der Waals surface area contributed by atoms with E-state index in [4.69, 9.17) is 43.5 Å². The lowest BCUT2D eigenvalue weighted by atomic mass is 9.97. The molecule has 0 aliphatic heterocycles. The molecule has 0 spiro atoms. The highest BCUT2D eigenvalue weighted by Gasteiger charge is 2.20. The molecule has 0 atom stereocenters. The molecule has 0 aromatic heterocycles. The zero-order valence-corrected chi connectivity index (χ0v) is 34.2. The normalized spacial score (nSPS) is 13.8. The van der Waals surface area contributed by atoms with Gasteiger partial charge in [-0.3, -0.25) is 4.79 Å². The fourth-order valence-electron chi connectivity index (χ4n) is 6.28. The highest BCUT2D eigenvalue weighted by Crippen LogP contribution is 2.33. The van der Waals surface area contributed by atoms with Gasteiger partial charge in [-0.05, 0) is 138 Å². The molecule has 2 aliphatic carbocycles. The summed E-state index contributed by atoms with van der Waals surface area (Å²) in [6.07, 6.45) is 11.7. The van der Waals surface area contributed by atoms with E-state index in [2.05, 4.69) is 14.8 Å². The second-order valence-electron chi connectivity index (χ2n) is 13.9. The van der Waals surface area contributed by atoms with E-state index in [1.165, 1.54) is 58.8 Å². The van der Waals surface area contributed by atoms with Crippen molar-refractivity contribution in [3.05, 3.63) is 116 Å². The van der Waals surface area contributed by atoms with E-state index >= 15 is 0 Å². The molecule has 312 valence electrons. The van der Waals surface area contributed by atoms with Gasteiger partial charge in [0.2, 0.25) is 0 Å². The Balaban J connectivity index is 0.000000256. The summed E-state index contributed by atoms with van der Waals surface area (Å²) in [4.78, 5) is 46.0. The smallest absolute Gasteiger partial charge is 0.337 e. The molecule has 0 radical (unpaired) electrons. The number of carbonyl (C=O) groups is 4. The largest absolute Gasteiger partial charge is 0.490 e. The number of esters is 2. The van der Waals surface area contributed by atoms with Crippen LogP contribution in [-0.2, 0) is 9.47 Å². The van der Waals surface area contributed by atoms with Gasteiger partial charge < -0.3 is 35.1 Å². The molecule has 13 heteroatoms. The van der Waals surface area contributed by atoms with Crippen molar-refractivity contribution in [3.8, 4) is 11.5 Å². The summed E-state index contributed by atoms with van der Waals surface area (Å²) >= 11 is 12.4. The Morgan fingerprint density at radius 1 is 0.621 bits per heavy atom. The Hall–Kier alpha value is -5.26. The van der Waals surface area contributed by atoms with Crippen molar-refractivity contribution in [1.29, 1.82) is 0 Å². The molecule has 4 N–H and O–H groups in total. The summed E-state index contributed by atoms with van der Waals surface area (Å²) in [6, 6.07) is 19.5. The first kappa shape index (κ1) is 47.1. The standard InChI is InChI=1S/C22H24ClNO4.C14H17ClO3.C8H9NO2.CH4/c1-14-19(23)12-16(13-20(14)28-18-6-4-3-5-7-18)21(25)24-17-10-8-15(9-11-17)22(26)27-2;1-9-12(15)7-10(14(16)17)8-13(9)18-11-5-3-2-4-6-11;1-11-8(10)6-2-4-7(9)5-3-6;/h8-13,18H,3-7H2,1-2H3,(H,24,25);7-8,11H,2-6H2,1H3,(H,16,17);2-5H,9H2,1H3;1H4. The lowest BCUT2D eigenvalue weighted by Gasteiger charge is -2.24. The van der Waals surface area contributed by atoms with Crippen LogP contribution in [0.3, 0.4) is 0 Å². The molecule has 0 bridgehead atoms. The molecule has 0 heterocycles. The van der Waals surface area contributed by atoms with Crippen LogP contribution in [0.4, 0.5) is 11.4 Å². The lowest BCUT2D eigenvalue weighted by Crippen LogP contribution is -2.20. The van der Waals surface area contributed by atoms with E-state index in [9.17, 15) is 19.2 Å². The molecule has 2 aliphatic rings. The highest BCUT2D eigenvalue weighted by molar-refractivity contribution is 6.32. The van der Waals surface area contributed by atoms with E-state index in [1.807, 2.05) is 13.8 Å². The Bertz CT molecular complexity index is 1990. The van der Waals surface area contributed by atoms with Crippen LogP contribution in [0.2, 0.25) is 10.0 Å². The second-order valence-corrected chi connectivity index (χ2v) is 14.7. The number of hydrogen-bond donors (Lipinski definition) is 3. The van der Waals surface area contributed by atoms with Crippen molar-refractivity contribution in [3.63, 3.8) is 0 Å². The Labute approximate surface area is 351 Å². The van der Waals surface area contributed by atoms with Crippen LogP contribution in [0.15, 0.2) is 72.8 Å². The molecule has 11 nitrogen and oxygen atoms in total. The highest BCUT2D eigenvalue weighted by atomic mass is 35.5. The number of aromatic carboxylic acids is 1. The summed E-state index contributed by atoms with van der Waals surface area (Å²) in [5.41, 5.74) is 9.82. The van der Waals surface area contributed by atoms with Crippen LogP contribution in [0.1, 0.15) is 124 Å². The van der Waals surface area contributed by atoms with E-state index in [-0.39, 0.29) is 37.1 Å². The Kier molecular flexibility index (Phi) is 18.9. The third-order valence-corrected chi connectivity index (χ3v) is 10.5. The number of benzene rings is 4. The first-order valence-electron chi connectivity index (χ1n) is 18.9. The van der Waals surface area contributed by atoms with Gasteiger partial charge in [0.05, 0.1) is 43.1 Å². The summed E-state index contributed by atoms with van der Waals surface area (Å²) in [5.74, 6) is -0.776. The molecule has 2 fully saturated rings. The van der Waals surface area contributed by atoms with Gasteiger partial charge in [-0.2, -0.15) is 0 Å². The fourth-order valence-corrected chi connectivity index (χ4v) is 6.70. The van der Waals surface area contributed by atoms with Gasteiger partial charge >= 0.3 is 17.9 Å². The van der Waals surface area contributed by atoms with Gasteiger partial charge in [0.15, 0.2) is 0 Å². The van der Waals surface area contributed by atoms with Gasteiger partial charge in [-0.1, -0.05) is 43.5 Å². The number of carbonyl (C=O) groups excluding carboxylic acids is 3. The van der Waals surface area contributed by atoms with Crippen molar-refractivity contribution in [2.24, 2.45) is 0 Å². The number of halogens is 2. The molecular weight excluding hydrogens is 783 g/mol. The van der Waals surface area contributed by atoms with Crippen molar-refractivity contribution in [2.75, 3.05) is 25.3 Å². The number of methoxy groups -OCH3 is 2. The number of anilines is 2. The third-order valence-electron chi connectivity index (χ3n) is 9.69. The predicted octanol–water partition coefficient (Wildman–Crippen LogP) is 11.1. The number of carboxylic acids is 1. The molecule has 2 saturated carbocycles. The van der Waals surface area contributed by atoms with Gasteiger partial charge in [0.1, 0.15) is 11.5 Å². The van der Waals surface area contributed by atoms with Crippen molar-refractivity contribution in [1.82, 2.24) is 0 Å². The summed E-state index contributed by atoms with van der Waals surface area (Å²) in [7, 11) is 2.67. The number of carboxylic acid groups (broad SMARTS) is 1. The van der Waals surface area contributed by atoms with Crippen molar-refractivity contribution in [2.45, 2.75) is 97.7 Å². The molecule has 4 aromatic rings. The third kappa shape index (κ3) is 14.0. The molecular formula is C45H54Cl2N2O9. The van der Waals surface area contributed by atoms with Crippen LogP contribution >= 0.6 is 23.2 Å². The maximum absolute atomic E-state index is 12.7. The van der Waals surface area contributed by atoms with Crippen LogP contribution < -0.4 is 20.5 Å². The number of rotatable bonds is 9. The molecule has 58 heavy (non-hydrogen) atoms. The van der Waals surface area contributed by atoms with E-state index < -0.39 is 11.9 Å². The van der Waals surface area contributed by atoms with Crippen LogP contribution in [0.25, 0.3) is 0 Å². The number of nitrogens with one attached hydrogen (secondary N) is 1. The van der Waals surface area contributed by atoms with Crippen LogP contribution in [0.5, 0.6) is 11.5 Å². The summed E-state index contributed by atoms with van der Waals surface area (Å²) in [6.45, 7) is 3.75. The Morgan fingerprint density at radius 2 is 1.02 bits per heavy atom. The topological polar surface area (TPSA) is 163 Å². The minimum Gasteiger partial charge on any atom is -0.490 e. The number of amides is 1. The maximum atomic E-state index is 12.7. The maximum Gasteiger partial charge on any atom is 0.337 e. The minimum absolute atomic E-state index is 0. The predicted molar refractivity (Wildman–Crippen MR) is 229 cm³/mol. The van der Waals surface area contributed by atoms with E-state index in [0.29, 0.717) is 49.6 Å². The number of hydrogen-bond acceptors (Lipinski definition) is 9. The molecule has 0 saturated heterocycles. The van der Waals surface area contributed by atoms with Crippen molar-refractivity contribution < 1.29 is 43.2 Å². The zero-order chi connectivity index (χ0) is 41.5. The van der Waals surface area contributed by atoms with Gasteiger partial charge in [-0.15, -0.1) is 0 Å². The van der Waals surface area contributed by atoms with Gasteiger partial charge in [0.25, 0.3) is 5.91 Å². The second kappa shape index (κ2) is 23.2. The molecule has 6 rings (SSSR count). The average Bonchev–Trinajstić information content (AvgIpc) is 3.22. The zero-order valence-electron chi connectivity index (χ0n) is 32.7. The quantitative estimate of drug-likeness (QED) is 0.109. The lowest BCUT2D eigenvalue weighted by molar-refractivity contribution is 0.0592. The Morgan fingerprint density at radius 3 is 1.43 bits per heavy atom. The van der Waals surface area contributed by atoms with Crippen molar-refractivity contribution >= 4 is 58.4 Å². The summed E-state index contributed by atoms with van der Waals surface area (Å²) in [5, 5.41) is 12.8. The van der Waals surface area contributed by atoms with Crippen LogP contribution in [0, 0.1) is 13.8 Å². The first-order chi connectivity index (χ1) is 27.3. The molecule has 4 aromatic carbocycles. The monoisotopic (exact) mass is 836 g/mol. The van der Waals surface area contributed by atoms with E-state index in [1.54, 1.807) is 66.7 Å². The van der Waals surface area contributed by atoms with Crippen LogP contribution in [-0.4, -0.2) is 55.3 Å². The molecule has 1 amide bonds. The minimum atomic E-state index is -0.981. The number of nitrogens with two attached hydrogens (primary N) is 1. The van der Waals surface area contributed by atoms with Gasteiger partial charge in [0, 0.05) is 38.1 Å². The van der Waals surface area contributed by atoms with Gasteiger partial charge in [-0.25, -0.2) is 14.4 Å². The first-order valence-corrected chi connectivity index (χ1v) is 19.7. The molecule has 0 unspecified atom stereocenters.